The van der Waals surface area contributed by atoms with Gasteiger partial charge < -0.3 is 20.3 Å². The van der Waals surface area contributed by atoms with E-state index < -0.39 is 0 Å². The van der Waals surface area contributed by atoms with Crippen molar-refractivity contribution in [2.24, 2.45) is 4.99 Å². The minimum atomic E-state index is -0.111. The second-order valence-corrected chi connectivity index (χ2v) is 8.56. The van der Waals surface area contributed by atoms with Crippen molar-refractivity contribution in [3.63, 3.8) is 0 Å². The maximum atomic E-state index is 12.2. The van der Waals surface area contributed by atoms with E-state index in [2.05, 4.69) is 41.3 Å². The molecular formula is C19H30N4O2S. The van der Waals surface area contributed by atoms with Gasteiger partial charge in [0.05, 0.1) is 13.7 Å². The summed E-state index contributed by atoms with van der Waals surface area (Å²) in [5.41, 5.74) is 0.593. The zero-order valence-electron chi connectivity index (χ0n) is 16.2. The summed E-state index contributed by atoms with van der Waals surface area (Å²) < 4.78 is 5.39. The molecule has 0 saturated carbocycles. The molecule has 0 atom stereocenters. The lowest BCUT2D eigenvalue weighted by molar-refractivity contribution is 0.0954. The van der Waals surface area contributed by atoms with E-state index in [4.69, 9.17) is 4.74 Å². The first-order chi connectivity index (χ1) is 12.4. The molecule has 1 aliphatic rings. The van der Waals surface area contributed by atoms with Crippen molar-refractivity contribution in [1.29, 1.82) is 0 Å². The molecule has 0 spiro atoms. The summed E-state index contributed by atoms with van der Waals surface area (Å²) in [5.74, 6) is 2.59. The van der Waals surface area contributed by atoms with Crippen LogP contribution in [0, 0.1) is 0 Å². The summed E-state index contributed by atoms with van der Waals surface area (Å²) in [6.07, 6.45) is 0. The molecule has 144 valence electrons. The van der Waals surface area contributed by atoms with Crippen LogP contribution in [0.25, 0.3) is 0 Å². The molecular weight excluding hydrogens is 348 g/mol. The molecule has 0 unspecified atom stereocenters. The van der Waals surface area contributed by atoms with Gasteiger partial charge in [-0.1, -0.05) is 6.07 Å². The van der Waals surface area contributed by atoms with Gasteiger partial charge in [-0.3, -0.25) is 9.79 Å². The fourth-order valence-corrected chi connectivity index (χ4v) is 3.93. The molecule has 26 heavy (non-hydrogen) atoms. The standard InChI is InChI=1S/C19H30N4O2S/c1-5-20-18(23-11-12-26-19(2,3)14-23)22-10-9-21-17(24)15-7-6-8-16(13-15)25-4/h6-8,13H,5,9-12,14H2,1-4H3,(H,20,22)(H,21,24). The SMILES string of the molecule is CCNC(=NCCNC(=O)c1cccc(OC)c1)N1CCSC(C)(C)C1. The van der Waals surface area contributed by atoms with Crippen LogP contribution in [0.1, 0.15) is 31.1 Å². The van der Waals surface area contributed by atoms with E-state index in [1.165, 1.54) is 0 Å². The summed E-state index contributed by atoms with van der Waals surface area (Å²) in [4.78, 5) is 19.2. The van der Waals surface area contributed by atoms with Crippen LogP contribution < -0.4 is 15.4 Å². The van der Waals surface area contributed by atoms with Gasteiger partial charge in [-0.25, -0.2) is 0 Å². The molecule has 2 rings (SSSR count). The molecule has 0 radical (unpaired) electrons. The Kier molecular flexibility index (Phi) is 7.63. The second-order valence-electron chi connectivity index (χ2n) is 6.75. The van der Waals surface area contributed by atoms with Gasteiger partial charge in [0.25, 0.3) is 5.91 Å². The first-order valence-corrected chi connectivity index (χ1v) is 10.0. The minimum absolute atomic E-state index is 0.111. The lowest BCUT2D eigenvalue weighted by Crippen LogP contribution is -2.51. The Morgan fingerprint density at radius 1 is 1.38 bits per heavy atom. The molecule has 7 heteroatoms. The average Bonchev–Trinajstić information content (AvgIpc) is 2.63. The van der Waals surface area contributed by atoms with Gasteiger partial charge >= 0.3 is 0 Å². The third kappa shape index (κ3) is 6.12. The van der Waals surface area contributed by atoms with Crippen molar-refractivity contribution in [2.45, 2.75) is 25.5 Å². The predicted molar refractivity (Wildman–Crippen MR) is 109 cm³/mol. The highest BCUT2D eigenvalue weighted by Crippen LogP contribution is 2.29. The maximum absolute atomic E-state index is 12.2. The van der Waals surface area contributed by atoms with E-state index in [-0.39, 0.29) is 10.7 Å². The fraction of sp³-hybridized carbons (Fsp3) is 0.579. The van der Waals surface area contributed by atoms with Gasteiger partial charge in [-0.05, 0) is 39.0 Å². The van der Waals surface area contributed by atoms with Gasteiger partial charge in [0.15, 0.2) is 5.96 Å². The van der Waals surface area contributed by atoms with Crippen molar-refractivity contribution in [2.75, 3.05) is 45.6 Å². The van der Waals surface area contributed by atoms with Crippen molar-refractivity contribution in [1.82, 2.24) is 15.5 Å². The molecule has 0 aliphatic carbocycles. The number of nitrogens with one attached hydrogen (secondary N) is 2. The van der Waals surface area contributed by atoms with E-state index in [0.717, 1.165) is 31.3 Å². The van der Waals surface area contributed by atoms with E-state index in [0.29, 0.717) is 24.4 Å². The second kappa shape index (κ2) is 9.71. The van der Waals surface area contributed by atoms with E-state index in [1.807, 2.05) is 23.9 Å². The van der Waals surface area contributed by atoms with Gasteiger partial charge in [-0.2, -0.15) is 11.8 Å². The lowest BCUT2D eigenvalue weighted by Gasteiger charge is -2.39. The average molecular weight is 379 g/mol. The molecule has 1 heterocycles. The number of aliphatic imine (C=N–C) groups is 1. The zero-order valence-corrected chi connectivity index (χ0v) is 17.0. The Morgan fingerprint density at radius 3 is 2.88 bits per heavy atom. The molecule has 1 amide bonds. The number of guanidine groups is 1. The summed E-state index contributed by atoms with van der Waals surface area (Å²) in [6.45, 7) is 10.4. The van der Waals surface area contributed by atoms with E-state index in [1.54, 1.807) is 19.2 Å². The molecule has 1 fully saturated rings. The highest BCUT2D eigenvalue weighted by Gasteiger charge is 2.28. The summed E-state index contributed by atoms with van der Waals surface area (Å²) in [7, 11) is 1.59. The Balaban J connectivity index is 1.88. The third-order valence-electron chi connectivity index (χ3n) is 4.05. The van der Waals surface area contributed by atoms with E-state index >= 15 is 0 Å². The monoisotopic (exact) mass is 378 g/mol. The molecule has 1 aromatic carbocycles. The number of ether oxygens (including phenoxy) is 1. The first kappa shape index (κ1) is 20.4. The van der Waals surface area contributed by atoms with Gasteiger partial charge in [0.2, 0.25) is 0 Å². The molecule has 6 nitrogen and oxygen atoms in total. The highest BCUT2D eigenvalue weighted by atomic mass is 32.2. The zero-order chi connectivity index (χ0) is 19.0. The molecule has 2 N–H and O–H groups in total. The van der Waals surface area contributed by atoms with Crippen LogP contribution in [0.3, 0.4) is 0 Å². The van der Waals surface area contributed by atoms with Gasteiger partial charge in [0, 0.05) is 42.2 Å². The van der Waals surface area contributed by atoms with Crippen LogP contribution in [0.2, 0.25) is 0 Å². The van der Waals surface area contributed by atoms with Gasteiger partial charge in [-0.15, -0.1) is 0 Å². The molecule has 1 aromatic rings. The Hall–Kier alpha value is -1.89. The topological polar surface area (TPSA) is 66.0 Å². The number of carbonyl (C=O) groups is 1. The number of thioether (sulfide) groups is 1. The smallest absolute Gasteiger partial charge is 0.251 e. The number of benzene rings is 1. The van der Waals surface area contributed by atoms with Crippen LogP contribution >= 0.6 is 11.8 Å². The Morgan fingerprint density at radius 2 is 2.19 bits per heavy atom. The predicted octanol–water partition coefficient (Wildman–Crippen LogP) is 2.22. The van der Waals surface area contributed by atoms with Crippen LogP contribution in [0.4, 0.5) is 0 Å². The van der Waals surface area contributed by atoms with Crippen LogP contribution in [0.15, 0.2) is 29.3 Å². The van der Waals surface area contributed by atoms with Crippen LogP contribution in [0.5, 0.6) is 5.75 Å². The number of carbonyl (C=O) groups excluding carboxylic acids is 1. The molecule has 0 bridgehead atoms. The van der Waals surface area contributed by atoms with Crippen molar-refractivity contribution in [3.05, 3.63) is 29.8 Å². The quantitative estimate of drug-likeness (QED) is 0.451. The lowest BCUT2D eigenvalue weighted by atomic mass is 10.2. The summed E-state index contributed by atoms with van der Waals surface area (Å²) in [6, 6.07) is 7.14. The minimum Gasteiger partial charge on any atom is -0.497 e. The molecule has 1 saturated heterocycles. The summed E-state index contributed by atoms with van der Waals surface area (Å²) in [5, 5.41) is 6.28. The highest BCUT2D eigenvalue weighted by molar-refractivity contribution is 8.00. The number of methoxy groups -OCH3 is 1. The van der Waals surface area contributed by atoms with Gasteiger partial charge in [0.1, 0.15) is 5.75 Å². The van der Waals surface area contributed by atoms with Crippen LogP contribution in [-0.4, -0.2) is 67.1 Å². The number of nitrogens with zero attached hydrogens (tertiary/aromatic N) is 2. The number of hydrogen-bond acceptors (Lipinski definition) is 4. The maximum Gasteiger partial charge on any atom is 0.251 e. The van der Waals surface area contributed by atoms with Crippen molar-refractivity contribution in [3.8, 4) is 5.75 Å². The number of hydrogen-bond donors (Lipinski definition) is 2. The van der Waals surface area contributed by atoms with E-state index in [9.17, 15) is 4.79 Å². The normalized spacial score (nSPS) is 16.9. The largest absolute Gasteiger partial charge is 0.497 e. The summed E-state index contributed by atoms with van der Waals surface area (Å²) >= 11 is 2.00. The van der Waals surface area contributed by atoms with Crippen LogP contribution in [-0.2, 0) is 0 Å². The van der Waals surface area contributed by atoms with Crippen molar-refractivity contribution < 1.29 is 9.53 Å². The van der Waals surface area contributed by atoms with Crippen molar-refractivity contribution >= 4 is 23.6 Å². The first-order valence-electron chi connectivity index (χ1n) is 9.04. The Labute approximate surface area is 160 Å². The Bertz CT molecular complexity index is 634. The third-order valence-corrected chi connectivity index (χ3v) is 5.35. The number of amides is 1. The molecule has 0 aromatic heterocycles. The number of rotatable bonds is 6. The molecule has 1 aliphatic heterocycles. The fourth-order valence-electron chi connectivity index (χ4n) is 2.82.